The molecule has 0 saturated heterocycles. The summed E-state index contributed by atoms with van der Waals surface area (Å²) in [6, 6.07) is 3.43. The van der Waals surface area contributed by atoms with Crippen LogP contribution in [0.3, 0.4) is 0 Å². The highest BCUT2D eigenvalue weighted by Gasteiger charge is 2.13. The van der Waals surface area contributed by atoms with Gasteiger partial charge in [-0.15, -0.1) is 0 Å². The standard InChI is InChI=1S/C9H10N4O/c1-6-2-3-7(4-11-6)8(10)9-12-5-14-13-9/h2-5,8H,10H2,1H3. The molecule has 0 aliphatic rings. The minimum absolute atomic E-state index is 0.373. The van der Waals surface area contributed by atoms with Crippen LogP contribution in [0.15, 0.2) is 29.2 Å². The molecule has 2 aromatic heterocycles. The largest absolute Gasteiger partial charge is 0.343 e. The molecule has 0 radical (unpaired) electrons. The molecule has 0 saturated carbocycles. The average Bonchev–Trinajstić information content (AvgIpc) is 2.71. The van der Waals surface area contributed by atoms with Crippen molar-refractivity contribution in [3.05, 3.63) is 41.8 Å². The molecule has 0 fully saturated rings. The molecule has 1 unspecified atom stereocenters. The summed E-state index contributed by atoms with van der Waals surface area (Å²) in [4.78, 5) is 8.03. The topological polar surface area (TPSA) is 77.8 Å². The van der Waals surface area contributed by atoms with Crippen LogP contribution in [0.1, 0.15) is 23.1 Å². The van der Waals surface area contributed by atoms with Crippen LogP contribution in [-0.2, 0) is 0 Å². The van der Waals surface area contributed by atoms with Crippen molar-refractivity contribution in [3.8, 4) is 0 Å². The quantitative estimate of drug-likeness (QED) is 0.758. The van der Waals surface area contributed by atoms with E-state index >= 15 is 0 Å². The minimum atomic E-state index is -0.373. The molecular formula is C9H10N4O. The Morgan fingerprint density at radius 1 is 1.36 bits per heavy atom. The van der Waals surface area contributed by atoms with E-state index < -0.39 is 0 Å². The first-order valence-electron chi connectivity index (χ1n) is 4.22. The lowest BCUT2D eigenvalue weighted by Gasteiger charge is -2.06. The van der Waals surface area contributed by atoms with E-state index in [1.165, 1.54) is 6.39 Å². The summed E-state index contributed by atoms with van der Waals surface area (Å²) in [5.41, 5.74) is 7.71. The van der Waals surface area contributed by atoms with Gasteiger partial charge in [-0.05, 0) is 18.6 Å². The van der Waals surface area contributed by atoms with Gasteiger partial charge in [-0.3, -0.25) is 4.98 Å². The number of hydrogen-bond donors (Lipinski definition) is 1. The molecule has 0 bridgehead atoms. The SMILES string of the molecule is Cc1ccc(C(N)c2ncon2)cn1. The van der Waals surface area contributed by atoms with Gasteiger partial charge >= 0.3 is 0 Å². The lowest BCUT2D eigenvalue weighted by molar-refractivity contribution is 0.407. The summed E-state index contributed by atoms with van der Waals surface area (Å²) in [6.07, 6.45) is 2.98. The molecule has 5 nitrogen and oxygen atoms in total. The van der Waals surface area contributed by atoms with Gasteiger partial charge in [-0.2, -0.15) is 4.98 Å². The Bertz CT molecular complexity index is 395. The summed E-state index contributed by atoms with van der Waals surface area (Å²) in [5.74, 6) is 0.468. The smallest absolute Gasteiger partial charge is 0.213 e. The molecule has 2 heterocycles. The van der Waals surface area contributed by atoms with E-state index in [2.05, 4.69) is 19.6 Å². The minimum Gasteiger partial charge on any atom is -0.343 e. The van der Waals surface area contributed by atoms with Gasteiger partial charge in [-0.1, -0.05) is 11.2 Å². The third-order valence-corrected chi connectivity index (χ3v) is 1.95. The number of nitrogens with two attached hydrogens (primary N) is 1. The molecule has 0 aliphatic carbocycles. The lowest BCUT2D eigenvalue weighted by atomic mass is 10.1. The zero-order valence-electron chi connectivity index (χ0n) is 7.71. The molecule has 14 heavy (non-hydrogen) atoms. The number of aryl methyl sites for hydroxylation is 1. The maximum absolute atomic E-state index is 5.89. The summed E-state index contributed by atoms with van der Waals surface area (Å²) >= 11 is 0. The molecule has 72 valence electrons. The Morgan fingerprint density at radius 2 is 2.21 bits per heavy atom. The Hall–Kier alpha value is -1.75. The van der Waals surface area contributed by atoms with E-state index in [1.807, 2.05) is 19.1 Å². The Balaban J connectivity index is 2.28. The van der Waals surface area contributed by atoms with Gasteiger partial charge < -0.3 is 10.3 Å². The van der Waals surface area contributed by atoms with Crippen LogP contribution < -0.4 is 5.73 Å². The van der Waals surface area contributed by atoms with Crippen LogP contribution in [0, 0.1) is 6.92 Å². The van der Waals surface area contributed by atoms with Crippen LogP contribution in [0.5, 0.6) is 0 Å². The van der Waals surface area contributed by atoms with Gasteiger partial charge in [0.25, 0.3) is 0 Å². The summed E-state index contributed by atoms with van der Waals surface area (Å²) < 4.78 is 4.62. The van der Waals surface area contributed by atoms with Crippen molar-refractivity contribution in [1.82, 2.24) is 15.1 Å². The maximum Gasteiger partial charge on any atom is 0.213 e. The van der Waals surface area contributed by atoms with Crippen molar-refractivity contribution >= 4 is 0 Å². The molecule has 0 spiro atoms. The molecule has 0 amide bonds. The van der Waals surface area contributed by atoms with Crippen molar-refractivity contribution in [2.45, 2.75) is 13.0 Å². The number of hydrogen-bond acceptors (Lipinski definition) is 5. The fourth-order valence-corrected chi connectivity index (χ4v) is 1.13. The fraction of sp³-hybridized carbons (Fsp3) is 0.222. The maximum atomic E-state index is 5.89. The van der Waals surface area contributed by atoms with Crippen molar-refractivity contribution < 1.29 is 4.52 Å². The first-order chi connectivity index (χ1) is 6.77. The average molecular weight is 190 g/mol. The Morgan fingerprint density at radius 3 is 2.79 bits per heavy atom. The van der Waals surface area contributed by atoms with E-state index in [9.17, 15) is 0 Å². The van der Waals surface area contributed by atoms with Crippen molar-refractivity contribution in [2.75, 3.05) is 0 Å². The second-order valence-electron chi connectivity index (χ2n) is 3.00. The van der Waals surface area contributed by atoms with E-state index in [0.717, 1.165) is 11.3 Å². The van der Waals surface area contributed by atoms with Crippen LogP contribution in [0.25, 0.3) is 0 Å². The molecular weight excluding hydrogens is 180 g/mol. The summed E-state index contributed by atoms with van der Waals surface area (Å²) in [7, 11) is 0. The number of nitrogens with zero attached hydrogens (tertiary/aromatic N) is 3. The van der Waals surface area contributed by atoms with Crippen LogP contribution in [0.4, 0.5) is 0 Å². The van der Waals surface area contributed by atoms with E-state index in [0.29, 0.717) is 5.82 Å². The molecule has 2 rings (SSSR count). The van der Waals surface area contributed by atoms with Crippen LogP contribution in [0.2, 0.25) is 0 Å². The van der Waals surface area contributed by atoms with E-state index in [-0.39, 0.29) is 6.04 Å². The van der Waals surface area contributed by atoms with Gasteiger partial charge in [0, 0.05) is 11.9 Å². The van der Waals surface area contributed by atoms with Crippen molar-refractivity contribution in [2.24, 2.45) is 5.73 Å². The monoisotopic (exact) mass is 190 g/mol. The second-order valence-corrected chi connectivity index (χ2v) is 3.00. The Kier molecular flexibility index (Phi) is 2.24. The van der Waals surface area contributed by atoms with Crippen molar-refractivity contribution in [1.29, 1.82) is 0 Å². The van der Waals surface area contributed by atoms with Crippen LogP contribution in [-0.4, -0.2) is 15.1 Å². The third-order valence-electron chi connectivity index (χ3n) is 1.95. The summed E-state index contributed by atoms with van der Waals surface area (Å²) in [6.45, 7) is 1.92. The number of aromatic nitrogens is 3. The van der Waals surface area contributed by atoms with Gasteiger partial charge in [0.15, 0.2) is 5.82 Å². The first kappa shape index (κ1) is 8.83. The normalized spacial score (nSPS) is 12.7. The second kappa shape index (κ2) is 3.55. The Labute approximate surface area is 81.0 Å². The molecule has 2 N–H and O–H groups in total. The van der Waals surface area contributed by atoms with Crippen LogP contribution >= 0.6 is 0 Å². The molecule has 0 aliphatic heterocycles. The van der Waals surface area contributed by atoms with Crippen molar-refractivity contribution in [3.63, 3.8) is 0 Å². The van der Waals surface area contributed by atoms with Gasteiger partial charge in [0.1, 0.15) is 0 Å². The predicted octanol–water partition coefficient (Wildman–Crippen LogP) is 0.821. The lowest BCUT2D eigenvalue weighted by Crippen LogP contribution is -2.13. The highest BCUT2D eigenvalue weighted by molar-refractivity contribution is 5.21. The predicted molar refractivity (Wildman–Crippen MR) is 49.3 cm³/mol. The third kappa shape index (κ3) is 1.62. The first-order valence-corrected chi connectivity index (χ1v) is 4.22. The zero-order chi connectivity index (χ0) is 9.97. The molecule has 5 heteroatoms. The number of pyridine rings is 1. The van der Waals surface area contributed by atoms with Gasteiger partial charge in [0.2, 0.25) is 6.39 Å². The van der Waals surface area contributed by atoms with E-state index in [1.54, 1.807) is 6.20 Å². The molecule has 1 atom stereocenters. The van der Waals surface area contributed by atoms with Gasteiger partial charge in [0.05, 0.1) is 6.04 Å². The number of rotatable bonds is 2. The highest BCUT2D eigenvalue weighted by atomic mass is 16.5. The highest BCUT2D eigenvalue weighted by Crippen LogP contribution is 2.14. The zero-order valence-corrected chi connectivity index (χ0v) is 7.71. The van der Waals surface area contributed by atoms with Gasteiger partial charge in [-0.25, -0.2) is 0 Å². The molecule has 2 aromatic rings. The fourth-order valence-electron chi connectivity index (χ4n) is 1.13. The molecule has 0 aromatic carbocycles. The summed E-state index contributed by atoms with van der Waals surface area (Å²) in [5, 5.41) is 3.68. The van der Waals surface area contributed by atoms with E-state index in [4.69, 9.17) is 5.73 Å².